The molecule has 0 fully saturated rings. The van der Waals surface area contributed by atoms with Gasteiger partial charge in [0.05, 0.1) is 12.6 Å². The molecule has 156 valence electrons. The van der Waals surface area contributed by atoms with Crippen LogP contribution in [0.25, 0.3) is 0 Å². The van der Waals surface area contributed by atoms with Gasteiger partial charge in [0.2, 0.25) is 11.8 Å². The third-order valence-corrected chi connectivity index (χ3v) is 6.44. The summed E-state index contributed by atoms with van der Waals surface area (Å²) in [6, 6.07) is 12.3. The summed E-state index contributed by atoms with van der Waals surface area (Å²) in [5.74, 6) is 0.428. The van der Waals surface area contributed by atoms with Crippen LogP contribution in [-0.4, -0.2) is 41.2 Å². The second-order valence-electron chi connectivity index (χ2n) is 8.22. The molecule has 2 aromatic rings. The van der Waals surface area contributed by atoms with E-state index in [-0.39, 0.29) is 24.4 Å². The molecule has 0 saturated carbocycles. The average molecular weight is 413 g/mol. The van der Waals surface area contributed by atoms with Gasteiger partial charge >= 0.3 is 0 Å². The van der Waals surface area contributed by atoms with Crippen molar-refractivity contribution in [1.29, 1.82) is 0 Å². The Morgan fingerprint density at radius 1 is 1.21 bits per heavy atom. The van der Waals surface area contributed by atoms with Crippen LogP contribution in [0, 0.1) is 5.92 Å². The van der Waals surface area contributed by atoms with Crippen molar-refractivity contribution in [1.82, 2.24) is 9.80 Å². The van der Waals surface area contributed by atoms with E-state index in [1.54, 1.807) is 16.2 Å². The highest BCUT2D eigenvalue weighted by atomic mass is 32.1. The lowest BCUT2D eigenvalue weighted by molar-refractivity contribution is -0.142. The molecule has 1 aliphatic rings. The summed E-state index contributed by atoms with van der Waals surface area (Å²) in [7, 11) is 0. The normalized spacial score (nSPS) is 16.0. The van der Waals surface area contributed by atoms with Crippen LogP contribution in [-0.2, 0) is 16.0 Å². The van der Waals surface area contributed by atoms with Gasteiger partial charge in [-0.25, -0.2) is 0 Å². The third kappa shape index (κ3) is 5.27. The molecule has 2 amide bonds. The van der Waals surface area contributed by atoms with Gasteiger partial charge in [0.15, 0.2) is 0 Å². The first-order valence-corrected chi connectivity index (χ1v) is 11.6. The molecule has 0 aliphatic carbocycles. The van der Waals surface area contributed by atoms with Crippen molar-refractivity contribution >= 4 is 23.2 Å². The molecule has 4 nitrogen and oxygen atoms in total. The SMILES string of the molecule is CCCCN(CC(=O)N1CCc2sccc2C1c1ccccc1)C(=O)CC(C)C. The molecule has 0 saturated heterocycles. The first-order valence-electron chi connectivity index (χ1n) is 10.7. The smallest absolute Gasteiger partial charge is 0.242 e. The number of carbonyl (C=O) groups is 2. The Hall–Kier alpha value is -2.14. The summed E-state index contributed by atoms with van der Waals surface area (Å²) in [5, 5.41) is 2.12. The van der Waals surface area contributed by atoms with Crippen LogP contribution < -0.4 is 0 Å². The maximum absolute atomic E-state index is 13.4. The van der Waals surface area contributed by atoms with Crippen molar-refractivity contribution in [2.75, 3.05) is 19.6 Å². The van der Waals surface area contributed by atoms with Crippen molar-refractivity contribution < 1.29 is 9.59 Å². The Balaban J connectivity index is 1.82. The van der Waals surface area contributed by atoms with E-state index in [2.05, 4.69) is 30.5 Å². The quantitative estimate of drug-likeness (QED) is 0.619. The van der Waals surface area contributed by atoms with Crippen LogP contribution >= 0.6 is 11.3 Å². The molecule has 1 unspecified atom stereocenters. The average Bonchev–Trinajstić information content (AvgIpc) is 3.19. The van der Waals surface area contributed by atoms with E-state index in [9.17, 15) is 9.59 Å². The molecular weight excluding hydrogens is 380 g/mol. The van der Waals surface area contributed by atoms with E-state index in [4.69, 9.17) is 0 Å². The number of rotatable bonds is 8. The number of amides is 2. The summed E-state index contributed by atoms with van der Waals surface area (Å²) in [6.07, 6.45) is 3.31. The zero-order chi connectivity index (χ0) is 20.8. The number of nitrogens with zero attached hydrogens (tertiary/aromatic N) is 2. The lowest BCUT2D eigenvalue weighted by atomic mass is 9.93. The number of benzene rings is 1. The lowest BCUT2D eigenvalue weighted by Crippen LogP contribution is -2.47. The first kappa shape index (κ1) is 21.6. The third-order valence-electron chi connectivity index (χ3n) is 5.44. The zero-order valence-corrected chi connectivity index (χ0v) is 18.6. The monoisotopic (exact) mass is 412 g/mol. The number of thiophene rings is 1. The fourth-order valence-corrected chi connectivity index (χ4v) is 4.86. The minimum Gasteiger partial charge on any atom is -0.333 e. The molecule has 1 aliphatic heterocycles. The molecule has 0 spiro atoms. The van der Waals surface area contributed by atoms with Crippen LogP contribution in [0.4, 0.5) is 0 Å². The van der Waals surface area contributed by atoms with E-state index in [0.717, 1.165) is 24.8 Å². The summed E-state index contributed by atoms with van der Waals surface area (Å²) in [5.41, 5.74) is 2.36. The summed E-state index contributed by atoms with van der Waals surface area (Å²) >= 11 is 1.77. The number of carbonyl (C=O) groups excluding carboxylic acids is 2. The zero-order valence-electron chi connectivity index (χ0n) is 17.8. The Morgan fingerprint density at radius 2 is 1.97 bits per heavy atom. The largest absolute Gasteiger partial charge is 0.333 e. The van der Waals surface area contributed by atoms with Gasteiger partial charge in [0.25, 0.3) is 0 Å². The minimum absolute atomic E-state index is 0.0453. The number of hydrogen-bond acceptors (Lipinski definition) is 3. The molecular formula is C24H32N2O2S. The van der Waals surface area contributed by atoms with Crippen molar-refractivity contribution in [3.63, 3.8) is 0 Å². The standard InChI is InChI=1S/C24H32N2O2S/c1-4-5-13-25(22(27)16-18(2)3)17-23(28)26-14-11-21-20(12-15-29-21)24(26)19-9-7-6-8-10-19/h6-10,12,15,18,24H,4-5,11,13-14,16-17H2,1-3H3. The van der Waals surface area contributed by atoms with Gasteiger partial charge in [0.1, 0.15) is 0 Å². The predicted octanol–water partition coefficient (Wildman–Crippen LogP) is 4.90. The molecule has 2 heterocycles. The van der Waals surface area contributed by atoms with Gasteiger partial charge in [-0.15, -0.1) is 11.3 Å². The van der Waals surface area contributed by atoms with Crippen molar-refractivity contribution in [2.24, 2.45) is 5.92 Å². The summed E-state index contributed by atoms with van der Waals surface area (Å²) < 4.78 is 0. The minimum atomic E-state index is -0.0630. The van der Waals surface area contributed by atoms with Crippen LogP contribution in [0.15, 0.2) is 41.8 Å². The highest BCUT2D eigenvalue weighted by Gasteiger charge is 2.33. The Labute approximate surface area is 178 Å². The van der Waals surface area contributed by atoms with Gasteiger partial charge in [0, 0.05) is 24.4 Å². The Kier molecular flexibility index (Phi) is 7.48. The van der Waals surface area contributed by atoms with Crippen LogP contribution in [0.2, 0.25) is 0 Å². The van der Waals surface area contributed by atoms with Crippen molar-refractivity contribution in [3.8, 4) is 0 Å². The van der Waals surface area contributed by atoms with Crippen molar-refractivity contribution in [3.05, 3.63) is 57.8 Å². The van der Waals surface area contributed by atoms with Crippen LogP contribution in [0.5, 0.6) is 0 Å². The Bertz CT molecular complexity index is 815. The van der Waals surface area contributed by atoms with E-state index in [1.165, 1.54) is 10.4 Å². The number of unbranched alkanes of at least 4 members (excludes halogenated alkanes) is 1. The molecule has 0 bridgehead atoms. The molecule has 1 aromatic heterocycles. The highest BCUT2D eigenvalue weighted by Crippen LogP contribution is 2.37. The maximum atomic E-state index is 13.4. The topological polar surface area (TPSA) is 40.6 Å². The van der Waals surface area contributed by atoms with Crippen molar-refractivity contribution in [2.45, 2.75) is 52.5 Å². The predicted molar refractivity (Wildman–Crippen MR) is 119 cm³/mol. The number of fused-ring (bicyclic) bond motifs is 1. The lowest BCUT2D eigenvalue weighted by Gasteiger charge is -2.37. The maximum Gasteiger partial charge on any atom is 0.242 e. The molecule has 3 rings (SSSR count). The summed E-state index contributed by atoms with van der Waals surface area (Å²) in [4.78, 5) is 31.3. The fraction of sp³-hybridized carbons (Fsp3) is 0.500. The molecule has 5 heteroatoms. The van der Waals surface area contributed by atoms with E-state index >= 15 is 0 Å². The Morgan fingerprint density at radius 3 is 2.66 bits per heavy atom. The van der Waals surface area contributed by atoms with Crippen LogP contribution in [0.3, 0.4) is 0 Å². The van der Waals surface area contributed by atoms with Gasteiger partial charge < -0.3 is 9.80 Å². The fourth-order valence-electron chi connectivity index (χ4n) is 3.95. The molecule has 1 atom stereocenters. The van der Waals surface area contributed by atoms with Gasteiger partial charge in [-0.2, -0.15) is 0 Å². The molecule has 1 aromatic carbocycles. The molecule has 0 N–H and O–H groups in total. The van der Waals surface area contributed by atoms with Gasteiger partial charge in [-0.1, -0.05) is 57.5 Å². The summed E-state index contributed by atoms with van der Waals surface area (Å²) in [6.45, 7) is 7.74. The van der Waals surface area contributed by atoms with E-state index in [1.807, 2.05) is 36.9 Å². The van der Waals surface area contributed by atoms with E-state index < -0.39 is 0 Å². The molecule has 0 radical (unpaired) electrons. The van der Waals surface area contributed by atoms with Gasteiger partial charge in [-0.05, 0) is 41.3 Å². The molecule has 29 heavy (non-hydrogen) atoms. The van der Waals surface area contributed by atoms with E-state index in [0.29, 0.717) is 25.4 Å². The number of hydrogen-bond donors (Lipinski definition) is 0. The van der Waals surface area contributed by atoms with Gasteiger partial charge in [-0.3, -0.25) is 9.59 Å². The first-order chi connectivity index (χ1) is 14.0. The van der Waals surface area contributed by atoms with Crippen LogP contribution in [0.1, 0.15) is 62.1 Å². The highest BCUT2D eigenvalue weighted by molar-refractivity contribution is 7.10. The second kappa shape index (κ2) is 10.1. The second-order valence-corrected chi connectivity index (χ2v) is 9.22.